The lowest BCUT2D eigenvalue weighted by molar-refractivity contribution is 0.467. The Balaban J connectivity index is 1.97. The number of aryl methyl sites for hydroxylation is 1. The minimum Gasteiger partial charge on any atom is -0.350 e. The molecule has 8 heteroatoms. The maximum absolute atomic E-state index is 13.5. The zero-order chi connectivity index (χ0) is 18.7. The van der Waals surface area contributed by atoms with Gasteiger partial charge in [0.1, 0.15) is 22.2 Å². The quantitative estimate of drug-likeness (QED) is 0.389. The number of aliphatic imine (C=N–C) groups is 1. The molecule has 0 spiro atoms. The molecule has 0 N–H and O–H groups in total. The van der Waals surface area contributed by atoms with E-state index in [2.05, 4.69) is 26.5 Å². The van der Waals surface area contributed by atoms with Crippen molar-refractivity contribution >= 4 is 28.6 Å². The van der Waals surface area contributed by atoms with E-state index in [1.807, 2.05) is 29.5 Å². The fourth-order valence-electron chi connectivity index (χ4n) is 2.75. The second-order valence-corrected chi connectivity index (χ2v) is 5.97. The van der Waals surface area contributed by atoms with Crippen molar-refractivity contribution in [3.63, 3.8) is 0 Å². The predicted octanol–water partition coefficient (Wildman–Crippen LogP) is 3.66. The van der Waals surface area contributed by atoms with Crippen LogP contribution in [0, 0.1) is 5.95 Å². The summed E-state index contributed by atoms with van der Waals surface area (Å²) in [5.74, 6) is 0.737. The number of halogens is 2. The van der Waals surface area contributed by atoms with Gasteiger partial charge in [0.05, 0.1) is 6.54 Å². The van der Waals surface area contributed by atoms with Crippen molar-refractivity contribution in [3.8, 4) is 0 Å². The molecule has 0 aliphatic rings. The highest BCUT2D eigenvalue weighted by Crippen LogP contribution is 2.18. The standard InChI is InChI=1S/C18H18ClFN6/c1-4-21-17(12-7-6-8-15(20)22-12)25(3)11-16-23-13-9-10-14(19)24-18(13)26(16)5-2/h4,6-10H,1,5,11H2,2-3H3. The third-order valence-corrected chi connectivity index (χ3v) is 4.06. The molecule has 0 atom stereocenters. The van der Waals surface area contributed by atoms with Crippen molar-refractivity contribution in [2.24, 2.45) is 4.99 Å². The number of hydrogen-bond acceptors (Lipinski definition) is 4. The Bertz CT molecular complexity index is 981. The van der Waals surface area contributed by atoms with Gasteiger partial charge in [-0.3, -0.25) is 0 Å². The van der Waals surface area contributed by atoms with Gasteiger partial charge < -0.3 is 9.47 Å². The maximum atomic E-state index is 13.5. The van der Waals surface area contributed by atoms with Crippen molar-refractivity contribution in [3.05, 3.63) is 65.7 Å². The van der Waals surface area contributed by atoms with Crippen LogP contribution < -0.4 is 0 Å². The lowest BCUT2D eigenvalue weighted by Gasteiger charge is -2.20. The van der Waals surface area contributed by atoms with Gasteiger partial charge in [-0.25, -0.2) is 19.9 Å². The normalized spacial score (nSPS) is 11.8. The number of pyridine rings is 2. The van der Waals surface area contributed by atoms with E-state index in [9.17, 15) is 4.39 Å². The second kappa shape index (κ2) is 7.61. The zero-order valence-electron chi connectivity index (χ0n) is 14.5. The van der Waals surface area contributed by atoms with Crippen LogP contribution >= 0.6 is 11.6 Å². The van der Waals surface area contributed by atoms with Crippen molar-refractivity contribution < 1.29 is 4.39 Å². The molecule has 3 heterocycles. The fourth-order valence-corrected chi connectivity index (χ4v) is 2.89. The first kappa shape index (κ1) is 18.0. The van der Waals surface area contributed by atoms with E-state index in [-0.39, 0.29) is 0 Å². The molecule has 134 valence electrons. The van der Waals surface area contributed by atoms with Gasteiger partial charge in [-0.1, -0.05) is 24.2 Å². The third-order valence-electron chi connectivity index (χ3n) is 3.85. The average molecular weight is 373 g/mol. The van der Waals surface area contributed by atoms with Gasteiger partial charge in [-0.2, -0.15) is 4.39 Å². The molecule has 0 saturated carbocycles. The Hall–Kier alpha value is -2.80. The minimum atomic E-state index is -0.563. The van der Waals surface area contributed by atoms with E-state index < -0.39 is 5.95 Å². The molecule has 0 aliphatic carbocycles. The summed E-state index contributed by atoms with van der Waals surface area (Å²) in [6.45, 7) is 6.78. The zero-order valence-corrected chi connectivity index (χ0v) is 15.3. The summed E-state index contributed by atoms with van der Waals surface area (Å²) in [5.41, 5.74) is 1.92. The number of imidazole rings is 1. The van der Waals surface area contributed by atoms with E-state index in [4.69, 9.17) is 11.6 Å². The van der Waals surface area contributed by atoms with E-state index in [1.165, 1.54) is 12.3 Å². The molecular formula is C18H18ClFN6. The second-order valence-electron chi connectivity index (χ2n) is 5.59. The van der Waals surface area contributed by atoms with E-state index >= 15 is 0 Å². The molecule has 0 unspecified atom stereocenters. The smallest absolute Gasteiger partial charge is 0.213 e. The summed E-state index contributed by atoms with van der Waals surface area (Å²) >= 11 is 6.01. The monoisotopic (exact) mass is 372 g/mol. The van der Waals surface area contributed by atoms with Crippen LogP contribution in [-0.4, -0.2) is 37.3 Å². The largest absolute Gasteiger partial charge is 0.350 e. The summed E-state index contributed by atoms with van der Waals surface area (Å²) < 4.78 is 15.5. The number of aromatic nitrogens is 4. The molecule has 0 aliphatic heterocycles. The highest BCUT2D eigenvalue weighted by Gasteiger charge is 2.17. The predicted molar refractivity (Wildman–Crippen MR) is 101 cm³/mol. The van der Waals surface area contributed by atoms with Gasteiger partial charge in [0.2, 0.25) is 5.95 Å². The Kier molecular flexibility index (Phi) is 5.27. The minimum absolute atomic E-state index is 0.421. The van der Waals surface area contributed by atoms with Crippen molar-refractivity contribution in [1.29, 1.82) is 0 Å². The molecule has 0 amide bonds. The average Bonchev–Trinajstić information content (AvgIpc) is 2.95. The summed E-state index contributed by atoms with van der Waals surface area (Å²) in [6.07, 6.45) is 1.41. The molecule has 0 bridgehead atoms. The first-order chi connectivity index (χ1) is 12.5. The summed E-state index contributed by atoms with van der Waals surface area (Å²) in [6, 6.07) is 8.14. The molecule has 26 heavy (non-hydrogen) atoms. The first-order valence-electron chi connectivity index (χ1n) is 8.08. The number of rotatable bonds is 5. The van der Waals surface area contributed by atoms with E-state index in [1.54, 1.807) is 18.2 Å². The van der Waals surface area contributed by atoms with Crippen LogP contribution in [0.5, 0.6) is 0 Å². The Morgan fingerprint density at radius 1 is 1.31 bits per heavy atom. The van der Waals surface area contributed by atoms with Gasteiger partial charge in [-0.15, -0.1) is 0 Å². The molecule has 3 aromatic heterocycles. The lowest BCUT2D eigenvalue weighted by atomic mass is 10.3. The number of hydrogen-bond donors (Lipinski definition) is 0. The molecule has 3 aromatic rings. The molecular weight excluding hydrogens is 355 g/mol. The molecule has 0 radical (unpaired) electrons. The number of amidine groups is 1. The first-order valence-corrected chi connectivity index (χ1v) is 8.45. The lowest BCUT2D eigenvalue weighted by Crippen LogP contribution is -2.29. The van der Waals surface area contributed by atoms with Gasteiger partial charge in [0, 0.05) is 19.8 Å². The van der Waals surface area contributed by atoms with Crippen LogP contribution in [0.15, 0.2) is 48.1 Å². The summed E-state index contributed by atoms with van der Waals surface area (Å²) in [5, 5.41) is 0.421. The highest BCUT2D eigenvalue weighted by atomic mass is 35.5. The molecule has 6 nitrogen and oxygen atoms in total. The SMILES string of the molecule is C=CN=C(c1cccc(F)n1)N(C)Cc1nc2ccc(Cl)nc2n1CC. The topological polar surface area (TPSA) is 59.2 Å². The summed E-state index contributed by atoms with van der Waals surface area (Å²) in [4.78, 5) is 19.0. The van der Waals surface area contributed by atoms with Gasteiger partial charge in [0.15, 0.2) is 11.5 Å². The van der Waals surface area contributed by atoms with E-state index in [0.717, 1.165) is 17.0 Å². The summed E-state index contributed by atoms with van der Waals surface area (Å²) in [7, 11) is 1.84. The molecule has 3 rings (SSSR count). The number of nitrogens with zero attached hydrogens (tertiary/aromatic N) is 6. The van der Waals surface area contributed by atoms with Crippen LogP contribution in [0.2, 0.25) is 5.15 Å². The van der Waals surface area contributed by atoms with Crippen LogP contribution in [0.4, 0.5) is 4.39 Å². The van der Waals surface area contributed by atoms with E-state index in [0.29, 0.717) is 29.8 Å². The van der Waals surface area contributed by atoms with Gasteiger partial charge >= 0.3 is 0 Å². The molecule has 0 saturated heterocycles. The Morgan fingerprint density at radius 3 is 2.81 bits per heavy atom. The third kappa shape index (κ3) is 3.57. The van der Waals surface area contributed by atoms with Crippen LogP contribution in [0.3, 0.4) is 0 Å². The van der Waals surface area contributed by atoms with Gasteiger partial charge in [-0.05, 0) is 31.2 Å². The highest BCUT2D eigenvalue weighted by molar-refractivity contribution is 6.29. The molecule has 0 aromatic carbocycles. The van der Waals surface area contributed by atoms with Gasteiger partial charge in [0.25, 0.3) is 0 Å². The number of fused-ring (bicyclic) bond motifs is 1. The van der Waals surface area contributed by atoms with Crippen molar-refractivity contribution in [2.45, 2.75) is 20.0 Å². The fraction of sp³-hybridized carbons (Fsp3) is 0.222. The van der Waals surface area contributed by atoms with Crippen molar-refractivity contribution in [2.75, 3.05) is 7.05 Å². The Labute approximate surface area is 155 Å². The van der Waals surface area contributed by atoms with Crippen LogP contribution in [0.25, 0.3) is 11.2 Å². The van der Waals surface area contributed by atoms with Crippen LogP contribution in [0.1, 0.15) is 18.4 Å². The van der Waals surface area contributed by atoms with Crippen molar-refractivity contribution in [1.82, 2.24) is 24.4 Å². The van der Waals surface area contributed by atoms with Crippen LogP contribution in [-0.2, 0) is 13.1 Å². The maximum Gasteiger partial charge on any atom is 0.213 e. The molecule has 0 fully saturated rings. The Morgan fingerprint density at radius 2 is 2.12 bits per heavy atom.